The lowest BCUT2D eigenvalue weighted by atomic mass is 10.1. The molecule has 6 nitrogen and oxygen atoms in total. The Hall–Kier alpha value is -1.83. The van der Waals surface area contributed by atoms with Gasteiger partial charge in [-0.15, -0.1) is 0 Å². The Morgan fingerprint density at radius 3 is 2.60 bits per heavy atom. The van der Waals surface area contributed by atoms with Gasteiger partial charge in [0.15, 0.2) is 17.5 Å². The van der Waals surface area contributed by atoms with Gasteiger partial charge in [-0.1, -0.05) is 12.1 Å². The Morgan fingerprint density at radius 1 is 1.36 bits per heavy atom. The van der Waals surface area contributed by atoms with Crippen LogP contribution >= 0.6 is 0 Å². The van der Waals surface area contributed by atoms with Gasteiger partial charge in [-0.2, -0.15) is 0 Å². The molecule has 0 saturated heterocycles. The van der Waals surface area contributed by atoms with Crippen LogP contribution in [0.5, 0.6) is 5.75 Å². The molecule has 1 aliphatic rings. The van der Waals surface area contributed by atoms with Crippen molar-refractivity contribution in [3.05, 3.63) is 30.1 Å². The zero-order chi connectivity index (χ0) is 18.5. The van der Waals surface area contributed by atoms with Gasteiger partial charge in [0.2, 0.25) is 0 Å². The predicted molar refractivity (Wildman–Crippen MR) is 97.2 cm³/mol. The van der Waals surface area contributed by atoms with E-state index in [1.807, 2.05) is 6.92 Å². The van der Waals surface area contributed by atoms with Crippen LogP contribution in [0.3, 0.4) is 0 Å². The summed E-state index contributed by atoms with van der Waals surface area (Å²) in [4.78, 5) is 4.13. The first-order valence-electron chi connectivity index (χ1n) is 8.26. The molecule has 8 heteroatoms. The van der Waals surface area contributed by atoms with Crippen LogP contribution in [0.15, 0.2) is 29.3 Å². The second-order valence-electron chi connectivity index (χ2n) is 6.74. The number of para-hydroxylation sites is 1. The van der Waals surface area contributed by atoms with E-state index in [1.165, 1.54) is 12.3 Å². The van der Waals surface area contributed by atoms with Crippen LogP contribution in [-0.4, -0.2) is 52.6 Å². The highest BCUT2D eigenvalue weighted by atomic mass is 32.2. The second kappa shape index (κ2) is 8.03. The molecular formula is C17H26FN3O3S. The molecule has 140 valence electrons. The van der Waals surface area contributed by atoms with Gasteiger partial charge in [0.25, 0.3) is 0 Å². The van der Waals surface area contributed by atoms with Crippen LogP contribution in [-0.2, 0) is 9.84 Å². The highest BCUT2D eigenvalue weighted by Gasteiger charge is 2.45. The van der Waals surface area contributed by atoms with Gasteiger partial charge in [-0.3, -0.25) is 4.99 Å². The van der Waals surface area contributed by atoms with Crippen LogP contribution in [0.4, 0.5) is 4.39 Å². The van der Waals surface area contributed by atoms with Crippen molar-refractivity contribution in [3.63, 3.8) is 0 Å². The molecule has 0 radical (unpaired) electrons. The number of aliphatic imine (C=N–C) groups is 1. The van der Waals surface area contributed by atoms with Crippen molar-refractivity contribution >= 4 is 15.8 Å². The summed E-state index contributed by atoms with van der Waals surface area (Å²) in [6.07, 6.45) is 2.80. The first kappa shape index (κ1) is 19.5. The van der Waals surface area contributed by atoms with Gasteiger partial charge in [0.05, 0.1) is 12.3 Å². The monoisotopic (exact) mass is 371 g/mol. The molecule has 1 aromatic rings. The molecule has 1 saturated carbocycles. The molecule has 0 bridgehead atoms. The average molecular weight is 371 g/mol. The number of ether oxygens (including phenoxy) is 1. The van der Waals surface area contributed by atoms with Crippen LogP contribution in [0.25, 0.3) is 0 Å². The van der Waals surface area contributed by atoms with E-state index in [9.17, 15) is 12.8 Å². The summed E-state index contributed by atoms with van der Waals surface area (Å²) in [5.41, 5.74) is -0.180. The smallest absolute Gasteiger partial charge is 0.191 e. The number of benzene rings is 1. The van der Waals surface area contributed by atoms with Gasteiger partial charge in [-0.25, -0.2) is 12.8 Å². The van der Waals surface area contributed by atoms with E-state index in [0.29, 0.717) is 19.0 Å². The van der Waals surface area contributed by atoms with E-state index in [-0.39, 0.29) is 23.0 Å². The van der Waals surface area contributed by atoms with Crippen LogP contribution in [0.2, 0.25) is 0 Å². The highest BCUT2D eigenvalue weighted by molar-refractivity contribution is 7.90. The number of guanidine groups is 1. The minimum absolute atomic E-state index is 0.180. The number of nitrogens with one attached hydrogen (secondary N) is 2. The number of hydrogen-bond donors (Lipinski definition) is 2. The first-order valence-corrected chi connectivity index (χ1v) is 10.3. The molecule has 25 heavy (non-hydrogen) atoms. The number of rotatable bonds is 8. The van der Waals surface area contributed by atoms with E-state index >= 15 is 0 Å². The van der Waals surface area contributed by atoms with E-state index < -0.39 is 15.7 Å². The fourth-order valence-electron chi connectivity index (χ4n) is 2.64. The van der Waals surface area contributed by atoms with E-state index in [4.69, 9.17) is 4.74 Å². The molecule has 2 rings (SSSR count). The van der Waals surface area contributed by atoms with Crippen LogP contribution in [0.1, 0.15) is 19.8 Å². The Bertz CT molecular complexity index is 718. The van der Waals surface area contributed by atoms with Gasteiger partial charge < -0.3 is 15.4 Å². The molecule has 1 fully saturated rings. The topological polar surface area (TPSA) is 79.8 Å². The molecule has 0 amide bonds. The zero-order valence-electron chi connectivity index (χ0n) is 14.9. The predicted octanol–water partition coefficient (Wildman–Crippen LogP) is 1.58. The standard InChI is InChI=1S/C17H26FN3O3S/c1-13(24-15-7-5-4-6-14(15)18)10-20-16(19-2)21-11-17(8-9-17)12-25(3,22)23/h4-7,13H,8-12H2,1-3H3,(H2,19,20,21). The van der Waals surface area contributed by atoms with Crippen molar-refractivity contribution in [2.45, 2.75) is 25.9 Å². The SMILES string of the molecule is CN=C(NCC(C)Oc1ccccc1F)NCC1(CS(C)(=O)=O)CC1. The van der Waals surface area contributed by atoms with Gasteiger partial charge >= 0.3 is 0 Å². The number of hydrogen-bond acceptors (Lipinski definition) is 4. The molecule has 0 heterocycles. The number of halogens is 1. The van der Waals surface area contributed by atoms with Gasteiger partial charge in [0.1, 0.15) is 15.9 Å². The normalized spacial score (nSPS) is 17.7. The third kappa shape index (κ3) is 6.53. The third-order valence-corrected chi connectivity index (χ3v) is 5.24. The lowest BCUT2D eigenvalue weighted by molar-refractivity contribution is 0.214. The van der Waals surface area contributed by atoms with Crippen molar-refractivity contribution in [1.29, 1.82) is 0 Å². The molecule has 1 aromatic carbocycles. The Labute approximate surface area is 148 Å². The molecule has 0 aromatic heterocycles. The van der Waals surface area contributed by atoms with Crippen LogP contribution in [0, 0.1) is 11.2 Å². The summed E-state index contributed by atoms with van der Waals surface area (Å²) in [5, 5.41) is 6.28. The number of nitrogens with zero attached hydrogens (tertiary/aromatic N) is 1. The first-order chi connectivity index (χ1) is 11.7. The zero-order valence-corrected chi connectivity index (χ0v) is 15.7. The van der Waals surface area contributed by atoms with Crippen molar-refractivity contribution in [3.8, 4) is 5.75 Å². The summed E-state index contributed by atoms with van der Waals surface area (Å²) < 4.78 is 42.1. The Kier molecular flexibility index (Phi) is 6.26. The highest BCUT2D eigenvalue weighted by Crippen LogP contribution is 2.45. The molecule has 0 spiro atoms. The van der Waals surface area contributed by atoms with Crippen molar-refractivity contribution in [2.75, 3.05) is 32.1 Å². The third-order valence-electron chi connectivity index (χ3n) is 4.10. The summed E-state index contributed by atoms with van der Waals surface area (Å²) in [7, 11) is -1.35. The minimum Gasteiger partial charge on any atom is -0.486 e. The lowest BCUT2D eigenvalue weighted by Crippen LogP contribution is -2.44. The fraction of sp³-hybridized carbons (Fsp3) is 0.588. The average Bonchev–Trinajstić information content (AvgIpc) is 3.27. The molecule has 1 aliphatic carbocycles. The largest absolute Gasteiger partial charge is 0.486 e. The van der Waals surface area contributed by atoms with E-state index in [2.05, 4.69) is 15.6 Å². The van der Waals surface area contributed by atoms with Crippen molar-refractivity contribution in [2.24, 2.45) is 10.4 Å². The van der Waals surface area contributed by atoms with Crippen molar-refractivity contribution in [1.82, 2.24) is 10.6 Å². The molecule has 1 atom stereocenters. The summed E-state index contributed by atoms with van der Waals surface area (Å²) in [5.74, 6) is 0.582. The Morgan fingerprint density at radius 2 is 2.04 bits per heavy atom. The Balaban J connectivity index is 1.78. The summed E-state index contributed by atoms with van der Waals surface area (Å²) in [6, 6.07) is 6.27. The second-order valence-corrected chi connectivity index (χ2v) is 8.88. The molecule has 1 unspecified atom stereocenters. The fourth-order valence-corrected chi connectivity index (χ4v) is 4.14. The van der Waals surface area contributed by atoms with Gasteiger partial charge in [0, 0.05) is 25.3 Å². The maximum atomic E-state index is 13.6. The summed E-state index contributed by atoms with van der Waals surface area (Å²) >= 11 is 0. The van der Waals surface area contributed by atoms with E-state index in [0.717, 1.165) is 12.8 Å². The molecule has 2 N–H and O–H groups in total. The van der Waals surface area contributed by atoms with Gasteiger partial charge in [-0.05, 0) is 31.9 Å². The summed E-state index contributed by atoms with van der Waals surface area (Å²) in [6.45, 7) is 2.83. The lowest BCUT2D eigenvalue weighted by Gasteiger charge is -2.20. The quantitative estimate of drug-likeness (QED) is 0.536. The minimum atomic E-state index is -2.99. The maximum Gasteiger partial charge on any atom is 0.191 e. The number of sulfone groups is 1. The van der Waals surface area contributed by atoms with Crippen molar-refractivity contribution < 1.29 is 17.5 Å². The van der Waals surface area contributed by atoms with E-state index in [1.54, 1.807) is 25.2 Å². The van der Waals surface area contributed by atoms with Crippen LogP contribution < -0.4 is 15.4 Å². The maximum absolute atomic E-state index is 13.6. The molecular weight excluding hydrogens is 345 g/mol. The molecule has 0 aliphatic heterocycles.